The molecule has 0 amide bonds. The maximum atomic E-state index is 13.1. The van der Waals surface area contributed by atoms with E-state index >= 15 is 0 Å². The van der Waals surface area contributed by atoms with E-state index in [-0.39, 0.29) is 17.1 Å². The molecule has 1 fully saturated rings. The molecule has 166 valence electrons. The zero-order valence-corrected chi connectivity index (χ0v) is 20.0. The number of carbonyl (C=O) groups is 2. The van der Waals surface area contributed by atoms with Crippen LogP contribution in [0.15, 0.2) is 70.1 Å². The molecule has 4 nitrogen and oxygen atoms in total. The second-order valence-electron chi connectivity index (χ2n) is 7.96. The van der Waals surface area contributed by atoms with Gasteiger partial charge in [0, 0.05) is 30.0 Å². The normalized spacial score (nSPS) is 18.1. The van der Waals surface area contributed by atoms with E-state index in [2.05, 4.69) is 21.3 Å². The van der Waals surface area contributed by atoms with Gasteiger partial charge in [-0.05, 0) is 24.3 Å². The summed E-state index contributed by atoms with van der Waals surface area (Å²) in [6, 6.07) is 16.0. The van der Waals surface area contributed by atoms with Crippen molar-refractivity contribution in [2.24, 2.45) is 5.92 Å². The fraction of sp³-hybridized carbons (Fsp3) is 0.179. The molecule has 0 radical (unpaired) electrons. The number of para-hydroxylation sites is 2. The molecule has 0 atom stereocenters. The molecule has 2 aliphatic rings. The number of aryl methyl sites for hydroxylation is 1. The standard InChI is InChI=1S/C28H21N2O2S2/c1-3-5-15-29-21-11-7-9-13-23(21)33-25(29)17-19-27(31)20(28(19)32)18-26-30(16-6-4-2)22-12-8-10-14-24(22)34-26/h1-2,7-14,17-19H,5-6,15-16H2/q+1/b20-18?,25-17-. The summed E-state index contributed by atoms with van der Waals surface area (Å²) in [6.45, 7) is 1.27. The lowest BCUT2D eigenvalue weighted by Crippen LogP contribution is -2.41. The van der Waals surface area contributed by atoms with E-state index in [4.69, 9.17) is 12.8 Å². The highest BCUT2D eigenvalue weighted by atomic mass is 32.2. The van der Waals surface area contributed by atoms with Gasteiger partial charge in [0.05, 0.1) is 22.7 Å². The Morgan fingerprint density at radius 3 is 2.53 bits per heavy atom. The summed E-state index contributed by atoms with van der Waals surface area (Å²) < 4.78 is 3.18. The van der Waals surface area contributed by atoms with Crippen molar-refractivity contribution in [2.75, 3.05) is 11.4 Å². The van der Waals surface area contributed by atoms with Crippen LogP contribution in [0.3, 0.4) is 0 Å². The van der Waals surface area contributed by atoms with Crippen molar-refractivity contribution in [3.8, 4) is 24.7 Å². The molecular weight excluding hydrogens is 460 g/mol. The monoisotopic (exact) mass is 481 g/mol. The number of terminal acetylenes is 2. The van der Waals surface area contributed by atoms with E-state index in [1.807, 2.05) is 48.5 Å². The lowest BCUT2D eigenvalue weighted by atomic mass is 9.76. The summed E-state index contributed by atoms with van der Waals surface area (Å²) in [6.07, 6.45) is 15.6. The van der Waals surface area contributed by atoms with E-state index in [1.165, 1.54) is 0 Å². The van der Waals surface area contributed by atoms with Crippen LogP contribution < -0.4 is 9.47 Å². The fourth-order valence-electron chi connectivity index (χ4n) is 4.21. The summed E-state index contributed by atoms with van der Waals surface area (Å²) in [7, 11) is 0. The smallest absolute Gasteiger partial charge is 0.263 e. The maximum Gasteiger partial charge on any atom is 0.263 e. The summed E-state index contributed by atoms with van der Waals surface area (Å²) in [5, 5.41) is 1.74. The highest BCUT2D eigenvalue weighted by Gasteiger charge is 2.44. The minimum Gasteiger partial charge on any atom is -0.334 e. The molecular formula is C28H21N2O2S2+. The van der Waals surface area contributed by atoms with Gasteiger partial charge >= 0.3 is 0 Å². The molecule has 6 heteroatoms. The van der Waals surface area contributed by atoms with Gasteiger partial charge in [-0.15, -0.1) is 24.7 Å². The van der Waals surface area contributed by atoms with Crippen LogP contribution in [0, 0.1) is 30.6 Å². The summed E-state index contributed by atoms with van der Waals surface area (Å²) >= 11 is 3.13. The molecule has 3 aromatic rings. The number of carbonyl (C=O) groups excluding carboxylic acids is 2. The maximum absolute atomic E-state index is 13.1. The lowest BCUT2D eigenvalue weighted by molar-refractivity contribution is -0.667. The van der Waals surface area contributed by atoms with Gasteiger partial charge in [0.25, 0.3) is 5.01 Å². The van der Waals surface area contributed by atoms with Gasteiger partial charge in [0.1, 0.15) is 10.6 Å². The zero-order chi connectivity index (χ0) is 23.7. The lowest BCUT2D eigenvalue weighted by Gasteiger charge is -2.25. The van der Waals surface area contributed by atoms with Crippen molar-refractivity contribution in [1.29, 1.82) is 0 Å². The Kier molecular flexibility index (Phi) is 6.11. The number of thiazole rings is 1. The number of aromatic nitrogens is 1. The Morgan fingerprint density at radius 2 is 1.74 bits per heavy atom. The summed E-state index contributed by atoms with van der Waals surface area (Å²) in [5.74, 6) is 4.30. The SMILES string of the molecule is C#CCCN1/C(=C/C2C(=O)C(=Cc3sc4ccccc4[n+]3CCC#C)C2=O)Sc2ccccc21. The molecule has 1 aromatic heterocycles. The third-order valence-electron chi connectivity index (χ3n) is 5.91. The average molecular weight is 482 g/mol. The molecule has 2 heterocycles. The number of rotatable bonds is 6. The number of allylic oxidation sites excluding steroid dienone is 2. The van der Waals surface area contributed by atoms with Crippen molar-refractivity contribution < 1.29 is 14.2 Å². The van der Waals surface area contributed by atoms with E-state index in [0.717, 1.165) is 30.8 Å². The predicted molar refractivity (Wildman–Crippen MR) is 138 cm³/mol. The first-order valence-electron chi connectivity index (χ1n) is 11.0. The highest BCUT2D eigenvalue weighted by Crippen LogP contribution is 2.47. The van der Waals surface area contributed by atoms with Crippen LogP contribution in [0.2, 0.25) is 0 Å². The van der Waals surface area contributed by atoms with Gasteiger partial charge in [-0.2, -0.15) is 4.57 Å². The van der Waals surface area contributed by atoms with Crippen LogP contribution in [0.1, 0.15) is 17.8 Å². The fourth-order valence-corrected chi connectivity index (χ4v) is 6.50. The molecule has 5 rings (SSSR count). The van der Waals surface area contributed by atoms with Gasteiger partial charge in [0.2, 0.25) is 5.52 Å². The van der Waals surface area contributed by atoms with E-state index < -0.39 is 5.92 Å². The van der Waals surface area contributed by atoms with Crippen LogP contribution in [0.25, 0.3) is 16.3 Å². The molecule has 0 N–H and O–H groups in total. The Morgan fingerprint density at radius 1 is 1.00 bits per heavy atom. The first-order chi connectivity index (χ1) is 16.6. The van der Waals surface area contributed by atoms with Crippen molar-refractivity contribution >= 4 is 56.6 Å². The number of hydrogen-bond acceptors (Lipinski definition) is 5. The molecule has 0 unspecified atom stereocenters. The minimum atomic E-state index is -0.759. The Bertz CT molecular complexity index is 1450. The number of ketones is 2. The number of hydrogen-bond donors (Lipinski definition) is 0. The number of anilines is 1. The second kappa shape index (κ2) is 9.35. The van der Waals surface area contributed by atoms with Gasteiger partial charge in [-0.25, -0.2) is 0 Å². The Balaban J connectivity index is 1.44. The predicted octanol–water partition coefficient (Wildman–Crippen LogP) is 4.84. The number of benzene rings is 2. The first-order valence-corrected chi connectivity index (χ1v) is 12.6. The van der Waals surface area contributed by atoms with Crippen molar-refractivity contribution in [1.82, 2.24) is 0 Å². The molecule has 0 bridgehead atoms. The van der Waals surface area contributed by atoms with Crippen molar-refractivity contribution in [3.05, 3.63) is 70.2 Å². The quantitative estimate of drug-likeness (QED) is 0.166. The van der Waals surface area contributed by atoms with E-state index in [9.17, 15) is 9.59 Å². The molecule has 0 saturated heterocycles. The van der Waals surface area contributed by atoms with Gasteiger partial charge in [0.15, 0.2) is 18.1 Å². The van der Waals surface area contributed by atoms with Crippen LogP contribution in [-0.4, -0.2) is 18.1 Å². The molecule has 1 aliphatic carbocycles. The topological polar surface area (TPSA) is 41.3 Å². The Hall–Kier alpha value is -3.58. The minimum absolute atomic E-state index is 0.146. The largest absolute Gasteiger partial charge is 0.334 e. The van der Waals surface area contributed by atoms with Crippen molar-refractivity contribution in [3.63, 3.8) is 0 Å². The zero-order valence-electron chi connectivity index (χ0n) is 18.4. The number of Topliss-reactive ketones (excluding diaryl/α,β-unsaturated/α-hetero) is 2. The van der Waals surface area contributed by atoms with E-state index in [0.29, 0.717) is 25.9 Å². The Labute approximate surface area is 207 Å². The molecule has 1 saturated carbocycles. The molecule has 1 aliphatic heterocycles. The average Bonchev–Trinajstić information content (AvgIpc) is 3.40. The van der Waals surface area contributed by atoms with Crippen LogP contribution >= 0.6 is 23.1 Å². The first kappa shape index (κ1) is 22.2. The summed E-state index contributed by atoms with van der Waals surface area (Å²) in [5.41, 5.74) is 2.36. The molecule has 0 spiro atoms. The third-order valence-corrected chi connectivity index (χ3v) is 8.15. The van der Waals surface area contributed by atoms with Crippen LogP contribution in [-0.2, 0) is 16.1 Å². The number of nitrogens with zero attached hydrogens (tertiary/aromatic N) is 2. The second-order valence-corrected chi connectivity index (χ2v) is 10.1. The van der Waals surface area contributed by atoms with Crippen molar-refractivity contribution in [2.45, 2.75) is 24.3 Å². The van der Waals surface area contributed by atoms with E-state index in [1.54, 1.807) is 35.3 Å². The van der Waals surface area contributed by atoms with Gasteiger partial charge < -0.3 is 4.90 Å². The molecule has 34 heavy (non-hydrogen) atoms. The third kappa shape index (κ3) is 3.86. The highest BCUT2D eigenvalue weighted by molar-refractivity contribution is 8.03. The van der Waals surface area contributed by atoms with Crippen LogP contribution in [0.5, 0.6) is 0 Å². The summed E-state index contributed by atoms with van der Waals surface area (Å²) in [4.78, 5) is 29.3. The number of thioether (sulfide) groups is 1. The number of fused-ring (bicyclic) bond motifs is 2. The van der Waals surface area contributed by atoms with Gasteiger partial charge in [-0.3, -0.25) is 9.59 Å². The van der Waals surface area contributed by atoms with Gasteiger partial charge in [-0.1, -0.05) is 47.4 Å². The van der Waals surface area contributed by atoms with Crippen LogP contribution in [0.4, 0.5) is 5.69 Å². The molecule has 2 aromatic carbocycles.